The molecular weight excluding hydrogens is 304 g/mol. The second kappa shape index (κ2) is 6.88. The van der Waals surface area contributed by atoms with Crippen molar-refractivity contribution >= 4 is 16.9 Å². The Labute approximate surface area is 140 Å². The molecule has 0 aliphatic carbocycles. The van der Waals surface area contributed by atoms with Crippen LogP contribution in [0.5, 0.6) is 0 Å². The van der Waals surface area contributed by atoms with Gasteiger partial charge in [-0.25, -0.2) is 9.78 Å². The van der Waals surface area contributed by atoms with Crippen LogP contribution in [0.3, 0.4) is 0 Å². The Morgan fingerprint density at radius 3 is 2.88 bits per heavy atom. The van der Waals surface area contributed by atoms with E-state index < -0.39 is 5.97 Å². The highest BCUT2D eigenvalue weighted by atomic mass is 16.5. The number of esters is 1. The lowest BCUT2D eigenvalue weighted by molar-refractivity contribution is 0.0518. The van der Waals surface area contributed by atoms with E-state index in [4.69, 9.17) is 10.5 Å². The molecular formula is C18H22N4O2. The summed E-state index contributed by atoms with van der Waals surface area (Å²) < 4.78 is 5.06. The van der Waals surface area contributed by atoms with E-state index in [0.29, 0.717) is 31.0 Å². The summed E-state index contributed by atoms with van der Waals surface area (Å²) in [6.45, 7) is 4.07. The molecule has 6 heteroatoms. The minimum Gasteiger partial charge on any atom is -0.461 e. The number of carbonyl (C=O) groups is 1. The number of hydrogen-bond donors (Lipinski definition) is 3. The van der Waals surface area contributed by atoms with Gasteiger partial charge in [-0.1, -0.05) is 25.1 Å². The molecule has 24 heavy (non-hydrogen) atoms. The van der Waals surface area contributed by atoms with Crippen LogP contribution in [0.1, 0.15) is 47.5 Å². The molecule has 4 N–H and O–H groups in total. The maximum Gasteiger partial charge on any atom is 0.358 e. The van der Waals surface area contributed by atoms with Crippen molar-refractivity contribution in [3.63, 3.8) is 0 Å². The molecule has 0 bridgehead atoms. The van der Waals surface area contributed by atoms with E-state index in [1.54, 1.807) is 6.92 Å². The van der Waals surface area contributed by atoms with Gasteiger partial charge >= 0.3 is 5.97 Å². The highest BCUT2D eigenvalue weighted by Crippen LogP contribution is 2.23. The lowest BCUT2D eigenvalue weighted by atomic mass is 10.1. The number of fused-ring (bicyclic) bond motifs is 1. The van der Waals surface area contributed by atoms with Crippen LogP contribution in [0.2, 0.25) is 0 Å². The zero-order valence-corrected chi connectivity index (χ0v) is 13.9. The second-order valence-electron chi connectivity index (χ2n) is 5.69. The molecule has 1 aromatic carbocycles. The van der Waals surface area contributed by atoms with Crippen LogP contribution in [0, 0.1) is 0 Å². The third-order valence-electron chi connectivity index (χ3n) is 4.09. The average Bonchev–Trinajstić information content (AvgIpc) is 3.19. The summed E-state index contributed by atoms with van der Waals surface area (Å²) in [5.41, 5.74) is 9.64. The molecule has 0 saturated carbocycles. The monoisotopic (exact) mass is 326 g/mol. The van der Waals surface area contributed by atoms with Gasteiger partial charge in [0.15, 0.2) is 5.69 Å². The summed E-state index contributed by atoms with van der Waals surface area (Å²) in [5.74, 6) is 0.205. The van der Waals surface area contributed by atoms with Crippen LogP contribution >= 0.6 is 0 Å². The second-order valence-corrected chi connectivity index (χ2v) is 5.69. The number of ether oxygens (including phenoxy) is 1. The van der Waals surface area contributed by atoms with Crippen molar-refractivity contribution in [1.29, 1.82) is 0 Å². The molecule has 0 fully saturated rings. The molecule has 126 valence electrons. The Balaban J connectivity index is 1.84. The van der Waals surface area contributed by atoms with Crippen LogP contribution < -0.4 is 5.73 Å². The normalized spacial score (nSPS) is 12.5. The minimum atomic E-state index is -0.406. The van der Waals surface area contributed by atoms with Gasteiger partial charge in [0.05, 0.1) is 12.6 Å². The van der Waals surface area contributed by atoms with Crippen LogP contribution in [0.4, 0.5) is 0 Å². The summed E-state index contributed by atoms with van der Waals surface area (Å²) in [4.78, 5) is 22.8. The lowest BCUT2D eigenvalue weighted by Gasteiger charge is -2.08. The van der Waals surface area contributed by atoms with Crippen molar-refractivity contribution in [2.24, 2.45) is 5.73 Å². The predicted molar refractivity (Wildman–Crippen MR) is 92.9 cm³/mol. The number of carbonyl (C=O) groups excluding carboxylic acids is 1. The van der Waals surface area contributed by atoms with Crippen molar-refractivity contribution in [2.45, 2.75) is 32.7 Å². The molecule has 3 rings (SSSR count). The van der Waals surface area contributed by atoms with Gasteiger partial charge in [0.1, 0.15) is 5.82 Å². The van der Waals surface area contributed by atoms with Gasteiger partial charge in [-0.2, -0.15) is 0 Å². The third kappa shape index (κ3) is 3.05. The number of nitrogens with one attached hydrogen (secondary N) is 2. The van der Waals surface area contributed by atoms with Crippen molar-refractivity contribution in [2.75, 3.05) is 6.61 Å². The van der Waals surface area contributed by atoms with E-state index in [0.717, 1.165) is 22.2 Å². The quantitative estimate of drug-likeness (QED) is 0.607. The Morgan fingerprint density at radius 1 is 1.33 bits per heavy atom. The number of aryl methyl sites for hydroxylation is 1. The third-order valence-corrected chi connectivity index (χ3v) is 4.09. The molecule has 1 atom stereocenters. The van der Waals surface area contributed by atoms with E-state index in [1.807, 2.05) is 31.3 Å². The summed E-state index contributed by atoms with van der Waals surface area (Å²) in [7, 11) is 0. The number of hydrogen-bond acceptors (Lipinski definition) is 4. The first-order chi connectivity index (χ1) is 11.6. The summed E-state index contributed by atoms with van der Waals surface area (Å²) >= 11 is 0. The Hall–Kier alpha value is -2.60. The number of para-hydroxylation sites is 1. The molecule has 0 aliphatic rings. The topological polar surface area (TPSA) is 96.8 Å². The zero-order chi connectivity index (χ0) is 17.1. The van der Waals surface area contributed by atoms with Crippen molar-refractivity contribution in [3.05, 3.63) is 53.2 Å². The summed E-state index contributed by atoms with van der Waals surface area (Å²) in [6, 6.07) is 7.78. The molecule has 0 radical (unpaired) electrons. The molecule has 2 aromatic heterocycles. The summed E-state index contributed by atoms with van der Waals surface area (Å²) in [5, 5.41) is 1.15. The Bertz CT molecular complexity index is 850. The Kier molecular flexibility index (Phi) is 4.66. The van der Waals surface area contributed by atoms with Gasteiger partial charge in [-0.3, -0.25) is 0 Å². The standard InChI is InChI=1S/C18H22N4O2/c1-3-14-16(18(23)24-4-2)22-17(21-14)13(19)9-11-10-20-15-8-6-5-7-12(11)15/h5-8,10,13,20H,3-4,9,19H2,1-2H3,(H,21,22)/t13-/m1/s1. The van der Waals surface area contributed by atoms with E-state index in [1.165, 1.54) is 0 Å². The maximum absolute atomic E-state index is 12.0. The smallest absolute Gasteiger partial charge is 0.358 e. The number of benzene rings is 1. The van der Waals surface area contributed by atoms with E-state index in [-0.39, 0.29) is 6.04 Å². The molecule has 0 amide bonds. The number of nitrogens with zero attached hydrogens (tertiary/aromatic N) is 1. The molecule has 0 saturated heterocycles. The van der Waals surface area contributed by atoms with Gasteiger partial charge in [-0.15, -0.1) is 0 Å². The first kappa shape index (κ1) is 16.3. The number of rotatable bonds is 6. The summed E-state index contributed by atoms with van der Waals surface area (Å²) in [6.07, 6.45) is 3.27. The van der Waals surface area contributed by atoms with Crippen LogP contribution in [-0.4, -0.2) is 27.5 Å². The van der Waals surface area contributed by atoms with Crippen LogP contribution in [0.25, 0.3) is 10.9 Å². The van der Waals surface area contributed by atoms with Crippen molar-refractivity contribution in [1.82, 2.24) is 15.0 Å². The van der Waals surface area contributed by atoms with Crippen molar-refractivity contribution < 1.29 is 9.53 Å². The number of nitrogens with two attached hydrogens (primary N) is 1. The number of aromatic amines is 2. The van der Waals surface area contributed by atoms with E-state index in [9.17, 15) is 4.79 Å². The molecule has 6 nitrogen and oxygen atoms in total. The highest BCUT2D eigenvalue weighted by molar-refractivity contribution is 5.88. The van der Waals surface area contributed by atoms with Gasteiger partial charge in [-0.05, 0) is 31.4 Å². The fourth-order valence-electron chi connectivity index (χ4n) is 2.86. The largest absolute Gasteiger partial charge is 0.461 e. The molecule has 0 unspecified atom stereocenters. The predicted octanol–water partition coefficient (Wildman–Crippen LogP) is 2.87. The van der Waals surface area contributed by atoms with Gasteiger partial charge < -0.3 is 20.4 Å². The molecule has 0 spiro atoms. The SMILES string of the molecule is CCOC(=O)c1nc([C@H](N)Cc2c[nH]c3ccccc23)[nH]c1CC. The molecule has 2 heterocycles. The van der Waals surface area contributed by atoms with Gasteiger partial charge in [0.25, 0.3) is 0 Å². The van der Waals surface area contributed by atoms with Crippen LogP contribution in [0.15, 0.2) is 30.5 Å². The number of H-pyrrole nitrogens is 2. The molecule has 0 aliphatic heterocycles. The Morgan fingerprint density at radius 2 is 2.12 bits per heavy atom. The average molecular weight is 326 g/mol. The lowest BCUT2D eigenvalue weighted by Crippen LogP contribution is -2.15. The van der Waals surface area contributed by atoms with E-state index >= 15 is 0 Å². The van der Waals surface area contributed by atoms with E-state index in [2.05, 4.69) is 21.0 Å². The highest BCUT2D eigenvalue weighted by Gasteiger charge is 2.21. The number of imidazole rings is 1. The fraction of sp³-hybridized carbons (Fsp3) is 0.333. The fourth-order valence-corrected chi connectivity index (χ4v) is 2.86. The minimum absolute atomic E-state index is 0.322. The number of aromatic nitrogens is 3. The first-order valence-electron chi connectivity index (χ1n) is 8.20. The van der Waals surface area contributed by atoms with Crippen molar-refractivity contribution in [3.8, 4) is 0 Å². The zero-order valence-electron chi connectivity index (χ0n) is 13.9. The van der Waals surface area contributed by atoms with Gasteiger partial charge in [0.2, 0.25) is 0 Å². The molecule has 3 aromatic rings. The maximum atomic E-state index is 12.0. The first-order valence-corrected chi connectivity index (χ1v) is 8.20. The van der Waals surface area contributed by atoms with Gasteiger partial charge in [0, 0.05) is 22.8 Å². The van der Waals surface area contributed by atoms with Crippen LogP contribution in [-0.2, 0) is 17.6 Å².